The molecule has 0 spiro atoms. The third-order valence-electron chi connectivity index (χ3n) is 3.65. The molecule has 100 valence electrons. The van der Waals surface area contributed by atoms with E-state index in [9.17, 15) is 8.78 Å². The maximum atomic E-state index is 13.1. The fraction of sp³-hybridized carbons (Fsp3) is 0.643. The standard InChI is InChI=1S/C14H18ClF2N/c1-10-2-3-12(18-9-10)8-13(15)11-4-6-14(16,17)7-5-11/h2-3,9,11,13H,4-8H2,1H3. The molecule has 1 aliphatic carbocycles. The quantitative estimate of drug-likeness (QED) is 0.746. The van der Waals surface area contributed by atoms with Gasteiger partial charge in [-0.3, -0.25) is 4.98 Å². The van der Waals surface area contributed by atoms with Crippen LogP contribution in [0.1, 0.15) is 36.9 Å². The third kappa shape index (κ3) is 3.64. The Kier molecular flexibility index (Phi) is 4.21. The topological polar surface area (TPSA) is 12.9 Å². The number of alkyl halides is 3. The molecule has 4 heteroatoms. The van der Waals surface area contributed by atoms with Gasteiger partial charge < -0.3 is 0 Å². The largest absolute Gasteiger partial charge is 0.261 e. The maximum Gasteiger partial charge on any atom is 0.248 e. The number of hydrogen-bond donors (Lipinski definition) is 0. The minimum Gasteiger partial charge on any atom is -0.261 e. The molecule has 1 aromatic heterocycles. The van der Waals surface area contributed by atoms with E-state index in [0.717, 1.165) is 11.3 Å². The monoisotopic (exact) mass is 273 g/mol. The summed E-state index contributed by atoms with van der Waals surface area (Å²) >= 11 is 6.34. The van der Waals surface area contributed by atoms with Crippen LogP contribution in [0.15, 0.2) is 18.3 Å². The van der Waals surface area contributed by atoms with Crippen LogP contribution >= 0.6 is 11.6 Å². The second-order valence-electron chi connectivity index (χ2n) is 5.24. The predicted molar refractivity (Wildman–Crippen MR) is 69.2 cm³/mol. The van der Waals surface area contributed by atoms with Crippen molar-refractivity contribution >= 4 is 11.6 Å². The van der Waals surface area contributed by atoms with Gasteiger partial charge in [-0.1, -0.05) is 6.07 Å². The Balaban J connectivity index is 1.89. The van der Waals surface area contributed by atoms with Crippen molar-refractivity contribution < 1.29 is 8.78 Å². The lowest BCUT2D eigenvalue weighted by Crippen LogP contribution is -2.29. The second kappa shape index (κ2) is 5.52. The van der Waals surface area contributed by atoms with Crippen LogP contribution in [0.25, 0.3) is 0 Å². The number of aryl methyl sites for hydroxylation is 1. The Labute approximate surface area is 112 Å². The first-order valence-corrected chi connectivity index (χ1v) is 6.83. The Morgan fingerprint density at radius 1 is 1.39 bits per heavy atom. The lowest BCUT2D eigenvalue weighted by molar-refractivity contribution is -0.0460. The van der Waals surface area contributed by atoms with Crippen molar-refractivity contribution in [2.45, 2.75) is 50.3 Å². The number of aromatic nitrogens is 1. The third-order valence-corrected chi connectivity index (χ3v) is 4.16. The van der Waals surface area contributed by atoms with E-state index in [4.69, 9.17) is 11.6 Å². The van der Waals surface area contributed by atoms with Gasteiger partial charge in [-0.15, -0.1) is 11.6 Å². The van der Waals surface area contributed by atoms with Crippen molar-refractivity contribution in [2.24, 2.45) is 5.92 Å². The highest BCUT2D eigenvalue weighted by Crippen LogP contribution is 2.39. The summed E-state index contributed by atoms with van der Waals surface area (Å²) in [7, 11) is 0. The van der Waals surface area contributed by atoms with Gasteiger partial charge in [0.25, 0.3) is 0 Å². The molecule has 1 aliphatic rings. The zero-order chi connectivity index (χ0) is 13.2. The SMILES string of the molecule is Cc1ccc(CC(Cl)C2CCC(F)(F)CC2)nc1. The van der Waals surface area contributed by atoms with E-state index in [1.165, 1.54) is 0 Å². The highest BCUT2D eigenvalue weighted by molar-refractivity contribution is 6.20. The zero-order valence-electron chi connectivity index (χ0n) is 10.5. The molecular weight excluding hydrogens is 256 g/mol. The van der Waals surface area contributed by atoms with Crippen LogP contribution in [0.5, 0.6) is 0 Å². The molecule has 0 N–H and O–H groups in total. The average Bonchev–Trinajstić information content (AvgIpc) is 2.32. The number of nitrogens with zero attached hydrogens (tertiary/aromatic N) is 1. The molecular formula is C14H18ClF2N. The van der Waals surface area contributed by atoms with Gasteiger partial charge in [0.15, 0.2) is 0 Å². The van der Waals surface area contributed by atoms with Crippen molar-refractivity contribution in [3.05, 3.63) is 29.6 Å². The summed E-state index contributed by atoms with van der Waals surface area (Å²) in [5.41, 5.74) is 2.06. The van der Waals surface area contributed by atoms with Gasteiger partial charge in [-0.05, 0) is 37.3 Å². The molecule has 1 saturated carbocycles. The van der Waals surface area contributed by atoms with E-state index in [-0.39, 0.29) is 24.1 Å². The molecule has 0 saturated heterocycles. The molecule has 1 aromatic rings. The Morgan fingerprint density at radius 3 is 2.61 bits per heavy atom. The Morgan fingerprint density at radius 2 is 2.06 bits per heavy atom. The van der Waals surface area contributed by atoms with Gasteiger partial charge in [-0.25, -0.2) is 8.78 Å². The van der Waals surface area contributed by atoms with E-state index in [1.54, 1.807) is 0 Å². The number of rotatable bonds is 3. The van der Waals surface area contributed by atoms with Crippen molar-refractivity contribution in [1.29, 1.82) is 0 Å². The molecule has 18 heavy (non-hydrogen) atoms. The summed E-state index contributed by atoms with van der Waals surface area (Å²) in [6, 6.07) is 3.96. The van der Waals surface area contributed by atoms with Crippen LogP contribution in [0.4, 0.5) is 8.78 Å². The normalized spacial score (nSPS) is 21.8. The molecule has 1 fully saturated rings. The fourth-order valence-corrected chi connectivity index (χ4v) is 2.82. The van der Waals surface area contributed by atoms with E-state index in [0.29, 0.717) is 19.3 Å². The molecule has 0 radical (unpaired) electrons. The smallest absolute Gasteiger partial charge is 0.248 e. The number of hydrogen-bond acceptors (Lipinski definition) is 1. The molecule has 1 unspecified atom stereocenters. The number of pyridine rings is 1. The summed E-state index contributed by atoms with van der Waals surface area (Å²) in [5, 5.41) is -0.0868. The number of halogens is 3. The van der Waals surface area contributed by atoms with Crippen molar-refractivity contribution in [2.75, 3.05) is 0 Å². The molecule has 1 nitrogen and oxygen atoms in total. The van der Waals surface area contributed by atoms with Crippen LogP contribution in [-0.2, 0) is 6.42 Å². The average molecular weight is 274 g/mol. The van der Waals surface area contributed by atoms with Gasteiger partial charge in [-0.2, -0.15) is 0 Å². The van der Waals surface area contributed by atoms with Crippen molar-refractivity contribution in [1.82, 2.24) is 4.98 Å². The van der Waals surface area contributed by atoms with E-state index < -0.39 is 5.92 Å². The molecule has 0 bridgehead atoms. The molecule has 1 heterocycles. The van der Waals surface area contributed by atoms with Gasteiger partial charge in [0.1, 0.15) is 0 Å². The first-order valence-electron chi connectivity index (χ1n) is 6.40. The van der Waals surface area contributed by atoms with E-state index >= 15 is 0 Å². The lowest BCUT2D eigenvalue weighted by Gasteiger charge is -2.30. The highest BCUT2D eigenvalue weighted by atomic mass is 35.5. The molecule has 2 rings (SSSR count). The van der Waals surface area contributed by atoms with Crippen LogP contribution in [0.2, 0.25) is 0 Å². The van der Waals surface area contributed by atoms with Crippen molar-refractivity contribution in [3.8, 4) is 0 Å². The Bertz CT molecular complexity index is 381. The van der Waals surface area contributed by atoms with Crippen LogP contribution < -0.4 is 0 Å². The minimum atomic E-state index is -2.48. The molecule has 0 amide bonds. The summed E-state index contributed by atoms with van der Waals surface area (Å²) in [4.78, 5) is 4.31. The first kappa shape index (κ1) is 13.7. The van der Waals surface area contributed by atoms with Crippen LogP contribution in [0, 0.1) is 12.8 Å². The van der Waals surface area contributed by atoms with Gasteiger partial charge in [0, 0.05) is 36.5 Å². The second-order valence-corrected chi connectivity index (χ2v) is 5.80. The fourth-order valence-electron chi connectivity index (χ4n) is 2.41. The van der Waals surface area contributed by atoms with Crippen LogP contribution in [-0.4, -0.2) is 16.3 Å². The lowest BCUT2D eigenvalue weighted by atomic mass is 9.83. The minimum absolute atomic E-state index is 0.0256. The van der Waals surface area contributed by atoms with Crippen molar-refractivity contribution in [3.63, 3.8) is 0 Å². The maximum absolute atomic E-state index is 13.1. The molecule has 0 aromatic carbocycles. The van der Waals surface area contributed by atoms with Gasteiger partial charge >= 0.3 is 0 Å². The summed E-state index contributed by atoms with van der Waals surface area (Å²) in [5.74, 6) is -2.29. The van der Waals surface area contributed by atoms with E-state index in [1.807, 2.05) is 25.3 Å². The molecule has 1 atom stereocenters. The van der Waals surface area contributed by atoms with Gasteiger partial charge in [0.05, 0.1) is 0 Å². The van der Waals surface area contributed by atoms with Crippen LogP contribution in [0.3, 0.4) is 0 Å². The summed E-state index contributed by atoms with van der Waals surface area (Å²) in [6.07, 6.45) is 3.47. The summed E-state index contributed by atoms with van der Waals surface area (Å²) in [6.45, 7) is 1.98. The zero-order valence-corrected chi connectivity index (χ0v) is 11.3. The van der Waals surface area contributed by atoms with Gasteiger partial charge in [0.2, 0.25) is 5.92 Å². The predicted octanol–water partition coefficient (Wildman–Crippen LogP) is 4.37. The molecule has 0 aliphatic heterocycles. The first-order chi connectivity index (χ1) is 8.46. The van der Waals surface area contributed by atoms with E-state index in [2.05, 4.69) is 4.98 Å². The Hall–Kier alpha value is -0.700. The summed E-state index contributed by atoms with van der Waals surface area (Å²) < 4.78 is 26.1. The highest BCUT2D eigenvalue weighted by Gasteiger charge is 2.37.